The number of hydrogen-bond donors (Lipinski definition) is 0. The van der Waals surface area contributed by atoms with Gasteiger partial charge in [0, 0.05) is 5.25 Å². The molecule has 146 valence electrons. The molecule has 0 radical (unpaired) electrons. The van der Waals surface area contributed by atoms with E-state index < -0.39 is 0 Å². The zero-order valence-corrected chi connectivity index (χ0v) is 18.2. The molecule has 0 aromatic heterocycles. The molecule has 0 unspecified atom stereocenters. The fourth-order valence-corrected chi connectivity index (χ4v) is 4.41. The highest BCUT2D eigenvalue weighted by Crippen LogP contribution is 2.41. The first-order chi connectivity index (χ1) is 13.2. The number of carbonyl (C=O) groups excluding carboxylic acids is 2. The van der Waals surface area contributed by atoms with Crippen molar-refractivity contribution < 1.29 is 9.59 Å². The van der Waals surface area contributed by atoms with Crippen molar-refractivity contribution in [3.05, 3.63) is 69.6 Å². The van der Waals surface area contributed by atoms with Crippen LogP contribution in [0.4, 0.5) is 5.69 Å². The summed E-state index contributed by atoms with van der Waals surface area (Å²) in [5.41, 5.74) is 5.32. The number of aryl methyl sites for hydroxylation is 2. The van der Waals surface area contributed by atoms with Crippen molar-refractivity contribution in [1.29, 1.82) is 0 Å². The number of carbonyl (C=O) groups is 2. The monoisotopic (exact) mass is 393 g/mol. The summed E-state index contributed by atoms with van der Waals surface area (Å²) in [5.74, 6) is -0.0663. The summed E-state index contributed by atoms with van der Waals surface area (Å²) in [6.07, 6.45) is 0. The molecule has 0 saturated carbocycles. The van der Waals surface area contributed by atoms with E-state index in [1.807, 2.05) is 64.1 Å². The Morgan fingerprint density at radius 1 is 0.857 bits per heavy atom. The highest BCUT2D eigenvalue weighted by Gasteiger charge is 2.40. The lowest BCUT2D eigenvalue weighted by Crippen LogP contribution is -2.31. The lowest BCUT2D eigenvalue weighted by Gasteiger charge is -2.17. The first kappa shape index (κ1) is 20.4. The second-order valence-electron chi connectivity index (χ2n) is 7.88. The van der Waals surface area contributed by atoms with Gasteiger partial charge in [0.25, 0.3) is 11.8 Å². The molecule has 0 fully saturated rings. The van der Waals surface area contributed by atoms with E-state index in [4.69, 9.17) is 0 Å². The van der Waals surface area contributed by atoms with Crippen LogP contribution in [-0.4, -0.2) is 17.1 Å². The van der Waals surface area contributed by atoms with Crippen LogP contribution in [0.3, 0.4) is 0 Å². The first-order valence-electron chi connectivity index (χ1n) is 9.68. The molecule has 0 spiro atoms. The van der Waals surface area contributed by atoms with Crippen molar-refractivity contribution in [2.75, 3.05) is 4.90 Å². The van der Waals surface area contributed by atoms with Crippen molar-refractivity contribution in [1.82, 2.24) is 0 Å². The third kappa shape index (κ3) is 3.79. The number of thioether (sulfide) groups is 1. The minimum Gasteiger partial charge on any atom is -0.268 e. The quantitative estimate of drug-likeness (QED) is 0.598. The average molecular weight is 394 g/mol. The number of benzene rings is 2. The summed E-state index contributed by atoms with van der Waals surface area (Å²) in [6.45, 7) is 12.3. The molecule has 0 saturated heterocycles. The second kappa shape index (κ2) is 7.96. The van der Waals surface area contributed by atoms with Crippen molar-refractivity contribution >= 4 is 34.8 Å². The first-order valence-corrected chi connectivity index (χ1v) is 10.6. The lowest BCUT2D eigenvalue weighted by atomic mass is 9.98. The van der Waals surface area contributed by atoms with Crippen molar-refractivity contribution in [3.63, 3.8) is 0 Å². The summed E-state index contributed by atoms with van der Waals surface area (Å²) in [5, 5.41) is 0.204. The number of rotatable bonds is 5. The van der Waals surface area contributed by atoms with Crippen LogP contribution in [0.15, 0.2) is 47.4 Å². The van der Waals surface area contributed by atoms with Crippen LogP contribution >= 0.6 is 11.8 Å². The van der Waals surface area contributed by atoms with Gasteiger partial charge < -0.3 is 0 Å². The van der Waals surface area contributed by atoms with E-state index in [0.717, 1.165) is 16.7 Å². The Morgan fingerprint density at radius 3 is 2.04 bits per heavy atom. The van der Waals surface area contributed by atoms with E-state index >= 15 is 0 Å². The van der Waals surface area contributed by atoms with Crippen LogP contribution in [-0.2, 0) is 9.59 Å². The van der Waals surface area contributed by atoms with Crippen LogP contribution in [0, 0.1) is 13.8 Å². The molecule has 2 aromatic rings. The Bertz CT molecular complexity index is 955. The topological polar surface area (TPSA) is 37.4 Å². The van der Waals surface area contributed by atoms with Crippen molar-refractivity contribution in [2.24, 2.45) is 0 Å². The van der Waals surface area contributed by atoms with Crippen LogP contribution < -0.4 is 4.90 Å². The summed E-state index contributed by atoms with van der Waals surface area (Å²) in [7, 11) is 0. The van der Waals surface area contributed by atoms with Gasteiger partial charge in [-0.05, 0) is 48.6 Å². The van der Waals surface area contributed by atoms with Crippen LogP contribution in [0.2, 0.25) is 0 Å². The van der Waals surface area contributed by atoms with E-state index in [-0.39, 0.29) is 17.1 Å². The summed E-state index contributed by atoms with van der Waals surface area (Å²) >= 11 is 1.46. The molecule has 4 heteroatoms. The molecule has 1 aliphatic rings. The number of amides is 2. The summed E-state index contributed by atoms with van der Waals surface area (Å²) in [6, 6.07) is 13.7. The molecule has 1 aliphatic heterocycles. The molecule has 3 rings (SSSR count). The Hall–Kier alpha value is -2.33. The van der Waals surface area contributed by atoms with Gasteiger partial charge in [0.05, 0.1) is 16.2 Å². The highest BCUT2D eigenvalue weighted by atomic mass is 32.2. The smallest absolute Gasteiger partial charge is 0.268 e. The highest BCUT2D eigenvalue weighted by molar-refractivity contribution is 8.04. The molecular weight excluding hydrogens is 366 g/mol. The number of hydrogen-bond acceptors (Lipinski definition) is 3. The normalized spacial score (nSPS) is 14.8. The van der Waals surface area contributed by atoms with Gasteiger partial charge >= 0.3 is 0 Å². The van der Waals surface area contributed by atoms with Crippen molar-refractivity contribution in [2.45, 2.75) is 52.7 Å². The molecule has 28 heavy (non-hydrogen) atoms. The molecule has 3 nitrogen and oxygen atoms in total. The van der Waals surface area contributed by atoms with E-state index in [0.29, 0.717) is 22.1 Å². The van der Waals surface area contributed by atoms with Crippen LogP contribution in [0.1, 0.15) is 55.9 Å². The SMILES string of the molecule is Cc1ccc(C2=C(SC(C)C)C(=O)N(c3ccc(C(C)C)cc3)C2=O)c(C)c1. The van der Waals surface area contributed by atoms with E-state index in [9.17, 15) is 9.59 Å². The van der Waals surface area contributed by atoms with Gasteiger partial charge in [-0.15, -0.1) is 11.8 Å². The second-order valence-corrected chi connectivity index (χ2v) is 9.47. The predicted octanol–water partition coefficient (Wildman–Crippen LogP) is 5.85. The fraction of sp³-hybridized carbons (Fsp3) is 0.333. The minimum atomic E-state index is -0.239. The minimum absolute atomic E-state index is 0.204. The maximum absolute atomic E-state index is 13.4. The number of imide groups is 1. The average Bonchev–Trinajstić information content (AvgIpc) is 2.85. The predicted molar refractivity (Wildman–Crippen MR) is 119 cm³/mol. The van der Waals surface area contributed by atoms with Gasteiger partial charge in [-0.2, -0.15) is 0 Å². The zero-order valence-electron chi connectivity index (χ0n) is 17.4. The largest absolute Gasteiger partial charge is 0.272 e. The van der Waals surface area contributed by atoms with Gasteiger partial charge in [-0.25, -0.2) is 4.90 Å². The van der Waals surface area contributed by atoms with Crippen LogP contribution in [0.5, 0.6) is 0 Å². The maximum Gasteiger partial charge on any atom is 0.272 e. The molecule has 2 amide bonds. The summed E-state index contributed by atoms with van der Waals surface area (Å²) < 4.78 is 0. The van der Waals surface area contributed by atoms with Gasteiger partial charge in [-0.3, -0.25) is 9.59 Å². The zero-order chi connectivity index (χ0) is 20.6. The Morgan fingerprint density at radius 2 is 1.50 bits per heavy atom. The molecule has 0 aliphatic carbocycles. The van der Waals surface area contributed by atoms with Gasteiger partial charge in [0.1, 0.15) is 0 Å². The van der Waals surface area contributed by atoms with E-state index in [1.165, 1.54) is 22.2 Å². The number of anilines is 1. The maximum atomic E-state index is 13.4. The summed E-state index contributed by atoms with van der Waals surface area (Å²) in [4.78, 5) is 28.5. The Balaban J connectivity index is 2.09. The number of nitrogens with zero attached hydrogens (tertiary/aromatic N) is 1. The third-order valence-corrected chi connectivity index (χ3v) is 5.95. The molecule has 2 aromatic carbocycles. The van der Waals surface area contributed by atoms with Gasteiger partial charge in [0.15, 0.2) is 0 Å². The molecule has 0 bridgehead atoms. The molecule has 0 atom stereocenters. The molecular formula is C24H27NO2S. The Kier molecular flexibility index (Phi) is 5.80. The van der Waals surface area contributed by atoms with E-state index in [1.54, 1.807) is 0 Å². The third-order valence-electron chi connectivity index (χ3n) is 4.86. The van der Waals surface area contributed by atoms with Crippen LogP contribution in [0.25, 0.3) is 5.57 Å². The standard InChI is InChI=1S/C24H27NO2S/c1-14(2)18-8-10-19(11-9-18)25-23(26)21(22(24(25)27)28-15(3)4)20-12-7-16(5)13-17(20)6/h7-15H,1-6H3. The fourth-order valence-electron chi connectivity index (χ4n) is 3.43. The molecule has 1 heterocycles. The van der Waals surface area contributed by atoms with Gasteiger partial charge in [-0.1, -0.05) is 63.6 Å². The Labute approximate surface area is 171 Å². The molecule has 0 N–H and O–H groups in total. The van der Waals surface area contributed by atoms with Crippen molar-refractivity contribution in [3.8, 4) is 0 Å². The van der Waals surface area contributed by atoms with Gasteiger partial charge in [0.2, 0.25) is 0 Å². The lowest BCUT2D eigenvalue weighted by molar-refractivity contribution is -0.119. The van der Waals surface area contributed by atoms with E-state index in [2.05, 4.69) is 19.9 Å².